The highest BCUT2D eigenvalue weighted by Crippen LogP contribution is 2.28. The Balaban J connectivity index is 2.45. The van der Waals surface area contributed by atoms with Gasteiger partial charge >= 0.3 is 5.97 Å². The zero-order valence-corrected chi connectivity index (χ0v) is 7.66. The Bertz CT molecular complexity index is 376. The van der Waals surface area contributed by atoms with Crippen LogP contribution in [0.25, 0.3) is 0 Å². The van der Waals surface area contributed by atoms with Crippen molar-refractivity contribution in [1.82, 2.24) is 0 Å². The van der Waals surface area contributed by atoms with Crippen LogP contribution in [0.1, 0.15) is 28.4 Å². The minimum Gasteiger partial charge on any atom is -0.478 e. The molecule has 74 valence electrons. The van der Waals surface area contributed by atoms with Crippen LogP contribution in [0.3, 0.4) is 0 Å². The van der Waals surface area contributed by atoms with Crippen molar-refractivity contribution in [3.05, 3.63) is 29.3 Å². The van der Waals surface area contributed by atoms with E-state index in [1.165, 1.54) is 0 Å². The number of hydrogen-bond donors (Lipinski definition) is 3. The molecule has 4 nitrogen and oxygen atoms in total. The Labute approximate surface area is 81.7 Å². The van der Waals surface area contributed by atoms with Gasteiger partial charge in [-0.3, -0.25) is 0 Å². The van der Waals surface area contributed by atoms with Gasteiger partial charge in [-0.05, 0) is 30.2 Å². The summed E-state index contributed by atoms with van der Waals surface area (Å²) in [4.78, 5) is 10.7. The Hall–Kier alpha value is -1.55. The van der Waals surface area contributed by atoms with Crippen LogP contribution < -0.4 is 11.1 Å². The molecule has 1 aromatic carbocycles. The Morgan fingerprint density at radius 2 is 2.36 bits per heavy atom. The van der Waals surface area contributed by atoms with Gasteiger partial charge in [0.25, 0.3) is 0 Å². The average Bonchev–Trinajstić information content (AvgIpc) is 2.18. The van der Waals surface area contributed by atoms with E-state index in [0.717, 1.165) is 24.2 Å². The van der Waals surface area contributed by atoms with Gasteiger partial charge in [-0.1, -0.05) is 0 Å². The smallest absolute Gasteiger partial charge is 0.335 e. The van der Waals surface area contributed by atoms with Crippen LogP contribution >= 0.6 is 0 Å². The number of benzene rings is 1. The monoisotopic (exact) mass is 192 g/mol. The second-order valence-electron chi connectivity index (χ2n) is 3.43. The van der Waals surface area contributed by atoms with Gasteiger partial charge in [-0.25, -0.2) is 4.79 Å². The summed E-state index contributed by atoms with van der Waals surface area (Å²) in [6.07, 6.45) is 0.843. The lowest BCUT2D eigenvalue weighted by molar-refractivity contribution is 0.0697. The minimum atomic E-state index is -0.912. The van der Waals surface area contributed by atoms with Gasteiger partial charge in [-0.15, -0.1) is 0 Å². The van der Waals surface area contributed by atoms with E-state index in [9.17, 15) is 4.79 Å². The highest BCUT2D eigenvalue weighted by Gasteiger charge is 2.17. The summed E-state index contributed by atoms with van der Waals surface area (Å²) in [6, 6.07) is 4.96. The normalized spacial score (nSPS) is 19.6. The summed E-state index contributed by atoms with van der Waals surface area (Å²) in [6.45, 7) is 0.848. The first-order valence-electron chi connectivity index (χ1n) is 4.55. The van der Waals surface area contributed by atoms with Crippen LogP contribution in [0, 0.1) is 0 Å². The maximum Gasteiger partial charge on any atom is 0.335 e. The molecule has 14 heavy (non-hydrogen) atoms. The van der Waals surface area contributed by atoms with Crippen molar-refractivity contribution in [2.24, 2.45) is 5.73 Å². The molecule has 1 atom stereocenters. The molecule has 1 aliphatic rings. The van der Waals surface area contributed by atoms with E-state index in [-0.39, 0.29) is 6.04 Å². The molecule has 4 N–H and O–H groups in total. The van der Waals surface area contributed by atoms with Gasteiger partial charge in [0.1, 0.15) is 0 Å². The van der Waals surface area contributed by atoms with Crippen LogP contribution in [0.2, 0.25) is 0 Å². The van der Waals surface area contributed by atoms with Crippen molar-refractivity contribution in [2.45, 2.75) is 12.5 Å². The third-order valence-corrected chi connectivity index (χ3v) is 2.47. The van der Waals surface area contributed by atoms with Gasteiger partial charge < -0.3 is 16.2 Å². The second kappa shape index (κ2) is 3.31. The maximum atomic E-state index is 10.7. The standard InChI is InChI=1S/C10H12N2O2/c11-8-3-4-12-9-2-1-6(10(13)14)5-7(8)9/h1-2,5,8,12H,3-4,11H2,(H,13,14). The Kier molecular flexibility index (Phi) is 2.13. The number of carboxylic acids is 1. The molecule has 0 aromatic heterocycles. The summed E-state index contributed by atoms with van der Waals surface area (Å²) >= 11 is 0. The first kappa shape index (κ1) is 9.02. The largest absolute Gasteiger partial charge is 0.478 e. The quantitative estimate of drug-likeness (QED) is 0.625. The van der Waals surface area contributed by atoms with E-state index in [1.54, 1.807) is 18.2 Å². The molecule has 0 spiro atoms. The molecule has 0 saturated heterocycles. The van der Waals surface area contributed by atoms with Crippen LogP contribution in [-0.4, -0.2) is 17.6 Å². The molecule has 0 saturated carbocycles. The molecule has 1 heterocycles. The summed E-state index contributed by atoms with van der Waals surface area (Å²) in [5, 5.41) is 12.0. The van der Waals surface area contributed by atoms with Gasteiger partial charge in [0.2, 0.25) is 0 Å². The lowest BCUT2D eigenvalue weighted by Crippen LogP contribution is -2.22. The third kappa shape index (κ3) is 1.44. The lowest BCUT2D eigenvalue weighted by atomic mass is 9.97. The number of aromatic carboxylic acids is 1. The molecular weight excluding hydrogens is 180 g/mol. The molecule has 0 bridgehead atoms. The molecular formula is C10H12N2O2. The van der Waals surface area contributed by atoms with E-state index in [1.807, 2.05) is 0 Å². The lowest BCUT2D eigenvalue weighted by Gasteiger charge is -2.23. The van der Waals surface area contributed by atoms with E-state index in [4.69, 9.17) is 10.8 Å². The first-order valence-corrected chi connectivity index (χ1v) is 4.55. The molecule has 0 amide bonds. The minimum absolute atomic E-state index is 0.0504. The van der Waals surface area contributed by atoms with Crippen molar-refractivity contribution < 1.29 is 9.90 Å². The fraction of sp³-hybridized carbons (Fsp3) is 0.300. The molecule has 1 aromatic rings. The van der Waals surface area contributed by atoms with E-state index >= 15 is 0 Å². The van der Waals surface area contributed by atoms with Crippen LogP contribution in [-0.2, 0) is 0 Å². The van der Waals surface area contributed by atoms with Crippen LogP contribution in [0.15, 0.2) is 18.2 Å². The topological polar surface area (TPSA) is 75.3 Å². The number of nitrogens with one attached hydrogen (secondary N) is 1. The highest BCUT2D eigenvalue weighted by molar-refractivity contribution is 5.88. The first-order chi connectivity index (χ1) is 6.68. The molecule has 1 unspecified atom stereocenters. The van der Waals surface area contributed by atoms with Crippen molar-refractivity contribution in [3.8, 4) is 0 Å². The number of fused-ring (bicyclic) bond motifs is 1. The molecule has 0 radical (unpaired) electrons. The summed E-state index contributed by atoms with van der Waals surface area (Å²) in [5.74, 6) is -0.912. The molecule has 0 fully saturated rings. The SMILES string of the molecule is NC1CCNc2ccc(C(=O)O)cc21. The third-order valence-electron chi connectivity index (χ3n) is 2.47. The predicted octanol–water partition coefficient (Wildman–Crippen LogP) is 1.20. The van der Waals surface area contributed by atoms with Crippen molar-refractivity contribution >= 4 is 11.7 Å². The van der Waals surface area contributed by atoms with Crippen molar-refractivity contribution in [3.63, 3.8) is 0 Å². The van der Waals surface area contributed by atoms with Crippen LogP contribution in [0.4, 0.5) is 5.69 Å². The second-order valence-corrected chi connectivity index (χ2v) is 3.43. The number of anilines is 1. The summed E-state index contributed by atoms with van der Waals surface area (Å²) in [7, 11) is 0. The predicted molar refractivity (Wildman–Crippen MR) is 53.4 cm³/mol. The van der Waals surface area contributed by atoms with Crippen molar-refractivity contribution in [2.75, 3.05) is 11.9 Å². The maximum absolute atomic E-state index is 10.7. The van der Waals surface area contributed by atoms with Gasteiger partial charge in [0.05, 0.1) is 5.56 Å². The Morgan fingerprint density at radius 1 is 1.57 bits per heavy atom. The fourth-order valence-corrected chi connectivity index (χ4v) is 1.68. The number of carbonyl (C=O) groups is 1. The summed E-state index contributed by atoms with van der Waals surface area (Å²) in [5.41, 5.74) is 8.03. The summed E-state index contributed by atoms with van der Waals surface area (Å²) < 4.78 is 0. The fourth-order valence-electron chi connectivity index (χ4n) is 1.68. The Morgan fingerprint density at radius 3 is 3.07 bits per heavy atom. The zero-order chi connectivity index (χ0) is 10.1. The highest BCUT2D eigenvalue weighted by atomic mass is 16.4. The van der Waals surface area contributed by atoms with Crippen molar-refractivity contribution in [1.29, 1.82) is 0 Å². The zero-order valence-electron chi connectivity index (χ0n) is 7.66. The van der Waals surface area contributed by atoms with Gasteiger partial charge in [0.15, 0.2) is 0 Å². The van der Waals surface area contributed by atoms with Gasteiger partial charge in [-0.2, -0.15) is 0 Å². The molecule has 4 heteroatoms. The number of rotatable bonds is 1. The van der Waals surface area contributed by atoms with Gasteiger partial charge in [0, 0.05) is 18.3 Å². The van der Waals surface area contributed by atoms with E-state index < -0.39 is 5.97 Å². The molecule has 0 aliphatic carbocycles. The van der Waals surface area contributed by atoms with Crippen LogP contribution in [0.5, 0.6) is 0 Å². The number of nitrogens with two attached hydrogens (primary N) is 1. The number of hydrogen-bond acceptors (Lipinski definition) is 3. The molecule has 2 rings (SSSR count). The molecule has 1 aliphatic heterocycles. The number of carboxylic acid groups (broad SMARTS) is 1. The average molecular weight is 192 g/mol. The van der Waals surface area contributed by atoms with E-state index in [0.29, 0.717) is 5.56 Å². The van der Waals surface area contributed by atoms with E-state index in [2.05, 4.69) is 5.32 Å².